The third-order valence-corrected chi connectivity index (χ3v) is 1.41. The summed E-state index contributed by atoms with van der Waals surface area (Å²) in [7, 11) is 4.12. The maximum absolute atomic E-state index is 4.26. The Morgan fingerprint density at radius 3 is 2.80 bits per heavy atom. The number of rotatable bonds is 2. The summed E-state index contributed by atoms with van der Waals surface area (Å²) in [6, 6.07) is 0. The van der Waals surface area contributed by atoms with Crippen LogP contribution in [0.3, 0.4) is 0 Å². The first-order chi connectivity index (χ1) is 4.79. The minimum Gasteiger partial charge on any atom is -0.304 e. The standard InChI is InChI=1S/C8H14N2/c1-10(2)7-8-5-3-4-6-9-8/h5-6H,3-4,7H2,1-2H3. The average Bonchev–Trinajstić information content (AvgIpc) is 1.88. The highest BCUT2D eigenvalue weighted by Crippen LogP contribution is 2.06. The Labute approximate surface area is 62.3 Å². The molecule has 0 radical (unpaired) electrons. The van der Waals surface area contributed by atoms with Gasteiger partial charge in [0.1, 0.15) is 0 Å². The van der Waals surface area contributed by atoms with Crippen molar-refractivity contribution in [2.75, 3.05) is 20.6 Å². The Hall–Kier alpha value is -0.630. The molecule has 0 aromatic rings. The number of hydrogen-bond acceptors (Lipinski definition) is 2. The molecule has 0 bridgehead atoms. The predicted octanol–water partition coefficient (Wildman–Crippen LogP) is 1.30. The monoisotopic (exact) mass is 138 g/mol. The van der Waals surface area contributed by atoms with Crippen molar-refractivity contribution >= 4 is 6.21 Å². The van der Waals surface area contributed by atoms with Gasteiger partial charge in [0.15, 0.2) is 0 Å². The van der Waals surface area contributed by atoms with Gasteiger partial charge in [-0.3, -0.25) is 4.99 Å². The molecule has 0 aromatic heterocycles. The van der Waals surface area contributed by atoms with E-state index in [1.165, 1.54) is 5.70 Å². The Bertz CT molecular complexity index is 157. The van der Waals surface area contributed by atoms with Gasteiger partial charge in [-0.05, 0) is 26.9 Å². The van der Waals surface area contributed by atoms with Gasteiger partial charge in [-0.15, -0.1) is 0 Å². The van der Waals surface area contributed by atoms with E-state index in [0.717, 1.165) is 19.4 Å². The van der Waals surface area contributed by atoms with Gasteiger partial charge < -0.3 is 4.90 Å². The zero-order valence-electron chi connectivity index (χ0n) is 6.67. The summed E-state index contributed by atoms with van der Waals surface area (Å²) in [6.45, 7) is 0.969. The number of allylic oxidation sites excluding steroid dienone is 1. The Kier molecular flexibility index (Phi) is 2.63. The molecule has 2 heteroatoms. The third kappa shape index (κ3) is 2.31. The fourth-order valence-corrected chi connectivity index (χ4v) is 0.988. The van der Waals surface area contributed by atoms with Crippen molar-refractivity contribution in [3.63, 3.8) is 0 Å². The first kappa shape index (κ1) is 7.48. The molecule has 0 spiro atoms. The highest BCUT2D eigenvalue weighted by molar-refractivity contribution is 5.60. The van der Waals surface area contributed by atoms with Crippen LogP contribution in [0.15, 0.2) is 16.8 Å². The molecule has 0 saturated heterocycles. The van der Waals surface area contributed by atoms with Crippen molar-refractivity contribution in [1.29, 1.82) is 0 Å². The molecule has 0 fully saturated rings. The molecule has 0 aromatic carbocycles. The first-order valence-electron chi connectivity index (χ1n) is 3.65. The Morgan fingerprint density at radius 2 is 2.30 bits per heavy atom. The van der Waals surface area contributed by atoms with E-state index in [1.54, 1.807) is 0 Å². The summed E-state index contributed by atoms with van der Waals surface area (Å²) in [4.78, 5) is 6.40. The molecule has 0 atom stereocenters. The maximum atomic E-state index is 4.26. The fourth-order valence-electron chi connectivity index (χ4n) is 0.988. The smallest absolute Gasteiger partial charge is 0.0500 e. The molecule has 0 N–H and O–H groups in total. The number of nitrogens with zero attached hydrogens (tertiary/aromatic N) is 2. The highest BCUT2D eigenvalue weighted by Gasteiger charge is 1.98. The second kappa shape index (κ2) is 3.52. The van der Waals surface area contributed by atoms with Crippen LogP contribution in [-0.4, -0.2) is 31.8 Å². The molecule has 0 saturated carbocycles. The van der Waals surface area contributed by atoms with Crippen LogP contribution in [0, 0.1) is 0 Å². The maximum Gasteiger partial charge on any atom is 0.0500 e. The summed E-state index contributed by atoms with van der Waals surface area (Å²) in [5.41, 5.74) is 1.20. The van der Waals surface area contributed by atoms with Crippen molar-refractivity contribution < 1.29 is 0 Å². The topological polar surface area (TPSA) is 15.6 Å². The number of likely N-dealkylation sites (N-methyl/N-ethyl adjacent to an activating group) is 1. The summed E-state index contributed by atoms with van der Waals surface area (Å²) in [5, 5.41) is 0. The first-order valence-corrected chi connectivity index (χ1v) is 3.65. The Balaban J connectivity index is 2.40. The zero-order valence-corrected chi connectivity index (χ0v) is 6.67. The van der Waals surface area contributed by atoms with Crippen molar-refractivity contribution in [3.8, 4) is 0 Å². The lowest BCUT2D eigenvalue weighted by molar-refractivity contribution is 0.442. The fraction of sp³-hybridized carbons (Fsp3) is 0.625. The van der Waals surface area contributed by atoms with E-state index < -0.39 is 0 Å². The van der Waals surface area contributed by atoms with E-state index in [1.807, 2.05) is 6.21 Å². The second-order valence-electron chi connectivity index (χ2n) is 2.82. The van der Waals surface area contributed by atoms with Gasteiger partial charge in [0.05, 0.1) is 0 Å². The van der Waals surface area contributed by atoms with Gasteiger partial charge in [-0.25, -0.2) is 0 Å². The largest absolute Gasteiger partial charge is 0.304 e. The molecular weight excluding hydrogens is 124 g/mol. The van der Waals surface area contributed by atoms with Gasteiger partial charge in [-0.2, -0.15) is 0 Å². The minimum absolute atomic E-state index is 0.969. The predicted molar refractivity (Wildman–Crippen MR) is 44.4 cm³/mol. The van der Waals surface area contributed by atoms with Gasteiger partial charge >= 0.3 is 0 Å². The van der Waals surface area contributed by atoms with E-state index in [9.17, 15) is 0 Å². The van der Waals surface area contributed by atoms with Crippen LogP contribution in [0.4, 0.5) is 0 Å². The lowest BCUT2D eigenvalue weighted by atomic mass is 10.2. The zero-order chi connectivity index (χ0) is 7.40. The van der Waals surface area contributed by atoms with Crippen molar-refractivity contribution in [3.05, 3.63) is 11.8 Å². The molecule has 1 rings (SSSR count). The summed E-state index contributed by atoms with van der Waals surface area (Å²) < 4.78 is 0. The lowest BCUT2D eigenvalue weighted by Gasteiger charge is -2.11. The van der Waals surface area contributed by atoms with E-state index >= 15 is 0 Å². The van der Waals surface area contributed by atoms with Crippen LogP contribution in [-0.2, 0) is 0 Å². The molecule has 1 heterocycles. The highest BCUT2D eigenvalue weighted by atomic mass is 15.1. The quantitative estimate of drug-likeness (QED) is 0.561. The normalized spacial score (nSPS) is 17.7. The Morgan fingerprint density at radius 1 is 1.50 bits per heavy atom. The lowest BCUT2D eigenvalue weighted by Crippen LogP contribution is -2.15. The van der Waals surface area contributed by atoms with Crippen molar-refractivity contribution in [2.24, 2.45) is 4.99 Å². The summed E-state index contributed by atoms with van der Waals surface area (Å²) in [6.07, 6.45) is 6.47. The van der Waals surface area contributed by atoms with Crippen LogP contribution >= 0.6 is 0 Å². The third-order valence-electron chi connectivity index (χ3n) is 1.41. The van der Waals surface area contributed by atoms with Gasteiger partial charge in [0, 0.05) is 18.5 Å². The van der Waals surface area contributed by atoms with Crippen LogP contribution in [0.25, 0.3) is 0 Å². The van der Waals surface area contributed by atoms with Gasteiger partial charge in [0.2, 0.25) is 0 Å². The minimum atomic E-state index is 0.969. The molecule has 0 aliphatic carbocycles. The molecule has 56 valence electrons. The molecule has 1 aliphatic heterocycles. The SMILES string of the molecule is CN(C)CC1=CCCC=N1. The van der Waals surface area contributed by atoms with E-state index in [-0.39, 0.29) is 0 Å². The molecule has 10 heavy (non-hydrogen) atoms. The number of hydrogen-bond donors (Lipinski definition) is 0. The summed E-state index contributed by atoms with van der Waals surface area (Å²) >= 11 is 0. The van der Waals surface area contributed by atoms with Crippen LogP contribution in [0.1, 0.15) is 12.8 Å². The molecular formula is C8H14N2. The van der Waals surface area contributed by atoms with Crippen molar-refractivity contribution in [2.45, 2.75) is 12.8 Å². The average molecular weight is 138 g/mol. The van der Waals surface area contributed by atoms with E-state index in [0.29, 0.717) is 0 Å². The van der Waals surface area contributed by atoms with E-state index in [2.05, 4.69) is 30.1 Å². The second-order valence-corrected chi connectivity index (χ2v) is 2.82. The van der Waals surface area contributed by atoms with Crippen LogP contribution in [0.2, 0.25) is 0 Å². The van der Waals surface area contributed by atoms with Gasteiger partial charge in [-0.1, -0.05) is 6.08 Å². The van der Waals surface area contributed by atoms with Crippen molar-refractivity contribution in [1.82, 2.24) is 4.90 Å². The summed E-state index contributed by atoms with van der Waals surface area (Å²) in [5.74, 6) is 0. The molecule has 1 aliphatic rings. The van der Waals surface area contributed by atoms with Gasteiger partial charge in [0.25, 0.3) is 0 Å². The number of aliphatic imine (C=N–C) groups is 1. The molecule has 0 amide bonds. The van der Waals surface area contributed by atoms with Crippen LogP contribution in [0.5, 0.6) is 0 Å². The van der Waals surface area contributed by atoms with E-state index in [4.69, 9.17) is 0 Å². The molecule has 2 nitrogen and oxygen atoms in total. The molecule has 0 unspecified atom stereocenters. The van der Waals surface area contributed by atoms with Crippen LogP contribution < -0.4 is 0 Å².